The molecule has 0 aliphatic heterocycles. The fourth-order valence-corrected chi connectivity index (χ4v) is 1.73. The highest BCUT2D eigenvalue weighted by atomic mass is 16.3. The van der Waals surface area contributed by atoms with Crippen LogP contribution in [0.5, 0.6) is 0 Å². The smallest absolute Gasteiger partial charge is 0.284 e. The molecule has 0 radical (unpaired) electrons. The van der Waals surface area contributed by atoms with E-state index in [4.69, 9.17) is 4.42 Å². The highest BCUT2D eigenvalue weighted by molar-refractivity contribution is 5.76. The molecule has 0 saturated heterocycles. The molecule has 4 nitrogen and oxygen atoms in total. The molecule has 92 valence electrons. The van der Waals surface area contributed by atoms with Crippen molar-refractivity contribution in [1.82, 2.24) is 9.97 Å². The van der Waals surface area contributed by atoms with E-state index in [9.17, 15) is 4.79 Å². The molecule has 19 heavy (non-hydrogen) atoms. The minimum Gasteiger partial charge on any atom is -0.438 e. The van der Waals surface area contributed by atoms with Gasteiger partial charge in [-0.25, -0.2) is 0 Å². The molecular weight excluding hydrogens is 240 g/mol. The van der Waals surface area contributed by atoms with Gasteiger partial charge >= 0.3 is 0 Å². The molecular formula is C15H10N2O2. The molecule has 2 aromatic heterocycles. The molecule has 0 atom stereocenters. The minimum absolute atomic E-state index is 0.273. The van der Waals surface area contributed by atoms with E-state index >= 15 is 0 Å². The van der Waals surface area contributed by atoms with E-state index < -0.39 is 0 Å². The van der Waals surface area contributed by atoms with Crippen molar-refractivity contribution in [3.05, 3.63) is 70.6 Å². The first-order valence-corrected chi connectivity index (χ1v) is 5.82. The van der Waals surface area contributed by atoms with E-state index in [1.165, 1.54) is 0 Å². The molecule has 0 aliphatic carbocycles. The number of rotatable bonds is 2. The normalized spacial score (nSPS) is 11.2. The van der Waals surface area contributed by atoms with Gasteiger partial charge in [0.1, 0.15) is 5.58 Å². The first kappa shape index (κ1) is 11.3. The predicted octanol–water partition coefficient (Wildman–Crippen LogP) is 2.75. The van der Waals surface area contributed by atoms with E-state index in [0.29, 0.717) is 11.0 Å². The maximum atomic E-state index is 11.8. The third kappa shape index (κ3) is 2.42. The number of aromatic nitrogens is 2. The van der Waals surface area contributed by atoms with Crippen molar-refractivity contribution in [2.75, 3.05) is 0 Å². The van der Waals surface area contributed by atoms with Crippen molar-refractivity contribution >= 4 is 23.1 Å². The van der Waals surface area contributed by atoms with Crippen molar-refractivity contribution in [2.24, 2.45) is 0 Å². The van der Waals surface area contributed by atoms with E-state index in [0.717, 1.165) is 5.69 Å². The van der Waals surface area contributed by atoms with Crippen LogP contribution in [0.25, 0.3) is 23.1 Å². The zero-order valence-electron chi connectivity index (χ0n) is 9.98. The predicted molar refractivity (Wildman–Crippen MR) is 73.4 cm³/mol. The summed E-state index contributed by atoms with van der Waals surface area (Å²) in [5, 5.41) is 0.484. The number of para-hydroxylation sites is 1. The van der Waals surface area contributed by atoms with Crippen LogP contribution in [-0.4, -0.2) is 9.97 Å². The average Bonchev–Trinajstić information content (AvgIpc) is 2.46. The molecule has 0 amide bonds. The third-order valence-electron chi connectivity index (χ3n) is 2.63. The summed E-state index contributed by atoms with van der Waals surface area (Å²) in [5.74, 6) is 0.273. The Morgan fingerprint density at radius 3 is 2.68 bits per heavy atom. The van der Waals surface area contributed by atoms with Crippen LogP contribution in [0.1, 0.15) is 11.6 Å². The molecule has 3 rings (SSSR count). The van der Waals surface area contributed by atoms with Crippen molar-refractivity contribution in [1.29, 1.82) is 0 Å². The maximum Gasteiger partial charge on any atom is 0.284 e. The molecule has 1 aromatic carbocycles. The number of nitrogens with zero attached hydrogens (tertiary/aromatic N) is 2. The second-order valence-corrected chi connectivity index (χ2v) is 3.94. The summed E-state index contributed by atoms with van der Waals surface area (Å²) in [7, 11) is 0. The van der Waals surface area contributed by atoms with Crippen LogP contribution in [0, 0.1) is 0 Å². The van der Waals surface area contributed by atoms with Crippen LogP contribution in [0.15, 0.2) is 57.9 Å². The fraction of sp³-hybridized carbons (Fsp3) is 0. The Kier molecular flexibility index (Phi) is 2.90. The zero-order chi connectivity index (χ0) is 13.1. The van der Waals surface area contributed by atoms with E-state index in [2.05, 4.69) is 9.97 Å². The standard InChI is InChI=1S/C15H10N2O2/c18-15-12-6-1-2-7-13(12)19-14(17-15)9-8-11-5-3-4-10-16-11/h1-10H. The van der Waals surface area contributed by atoms with Gasteiger partial charge < -0.3 is 4.42 Å². The lowest BCUT2D eigenvalue weighted by atomic mass is 10.2. The number of hydrogen-bond donors (Lipinski definition) is 0. The Balaban J connectivity index is 2.02. The van der Waals surface area contributed by atoms with Gasteiger partial charge in [0.25, 0.3) is 5.56 Å². The third-order valence-corrected chi connectivity index (χ3v) is 2.63. The molecule has 0 unspecified atom stereocenters. The lowest BCUT2D eigenvalue weighted by Gasteiger charge is -1.97. The summed E-state index contributed by atoms with van der Waals surface area (Å²) in [5.41, 5.74) is 1.02. The summed E-state index contributed by atoms with van der Waals surface area (Å²) < 4.78 is 5.54. The first-order chi connectivity index (χ1) is 9.33. The molecule has 0 N–H and O–H groups in total. The molecule has 3 aromatic rings. The number of benzene rings is 1. The van der Waals surface area contributed by atoms with Gasteiger partial charge in [-0.15, -0.1) is 0 Å². The van der Waals surface area contributed by atoms with Crippen LogP contribution in [0.2, 0.25) is 0 Å². The van der Waals surface area contributed by atoms with E-state index in [1.54, 1.807) is 36.5 Å². The quantitative estimate of drug-likeness (QED) is 0.701. The molecule has 2 heterocycles. The molecule has 0 saturated carbocycles. The Morgan fingerprint density at radius 1 is 1.00 bits per heavy atom. The van der Waals surface area contributed by atoms with Crippen LogP contribution in [0.4, 0.5) is 0 Å². The number of hydrogen-bond acceptors (Lipinski definition) is 4. The van der Waals surface area contributed by atoms with Gasteiger partial charge in [0.2, 0.25) is 5.89 Å². The van der Waals surface area contributed by atoms with Gasteiger partial charge in [-0.2, -0.15) is 4.98 Å². The molecule has 0 bridgehead atoms. The number of pyridine rings is 1. The number of fused-ring (bicyclic) bond motifs is 1. The molecule has 0 fully saturated rings. The van der Waals surface area contributed by atoms with Gasteiger partial charge in [0, 0.05) is 12.3 Å². The highest BCUT2D eigenvalue weighted by Gasteiger charge is 2.02. The minimum atomic E-state index is -0.289. The van der Waals surface area contributed by atoms with E-state index in [-0.39, 0.29) is 11.4 Å². The van der Waals surface area contributed by atoms with Crippen molar-refractivity contribution in [2.45, 2.75) is 0 Å². The van der Waals surface area contributed by atoms with Crippen LogP contribution in [0.3, 0.4) is 0 Å². The summed E-state index contributed by atoms with van der Waals surface area (Å²) in [6, 6.07) is 12.6. The average molecular weight is 250 g/mol. The SMILES string of the molecule is O=c1nc(C=Cc2ccccn2)oc2ccccc12. The van der Waals surface area contributed by atoms with Crippen molar-refractivity contribution in [3.8, 4) is 0 Å². The maximum absolute atomic E-state index is 11.8. The summed E-state index contributed by atoms with van der Waals surface area (Å²) >= 11 is 0. The van der Waals surface area contributed by atoms with Gasteiger partial charge in [-0.3, -0.25) is 9.78 Å². The second-order valence-electron chi connectivity index (χ2n) is 3.94. The summed E-state index contributed by atoms with van der Waals surface area (Å²) in [4.78, 5) is 19.8. The highest BCUT2D eigenvalue weighted by Crippen LogP contribution is 2.11. The first-order valence-electron chi connectivity index (χ1n) is 5.82. The Bertz CT molecular complexity index is 792. The van der Waals surface area contributed by atoms with Gasteiger partial charge in [-0.1, -0.05) is 18.2 Å². The summed E-state index contributed by atoms with van der Waals surface area (Å²) in [6.45, 7) is 0. The van der Waals surface area contributed by atoms with Crippen LogP contribution < -0.4 is 5.56 Å². The summed E-state index contributed by atoms with van der Waals surface area (Å²) in [6.07, 6.45) is 5.08. The largest absolute Gasteiger partial charge is 0.438 e. The lowest BCUT2D eigenvalue weighted by Crippen LogP contribution is -2.06. The van der Waals surface area contributed by atoms with Crippen LogP contribution in [-0.2, 0) is 0 Å². The van der Waals surface area contributed by atoms with Gasteiger partial charge in [0.05, 0.1) is 11.1 Å². The zero-order valence-corrected chi connectivity index (χ0v) is 9.98. The lowest BCUT2D eigenvalue weighted by molar-refractivity contribution is 0.563. The second kappa shape index (κ2) is 4.86. The van der Waals surface area contributed by atoms with E-state index in [1.807, 2.05) is 24.3 Å². The van der Waals surface area contributed by atoms with Gasteiger partial charge in [-0.05, 0) is 30.3 Å². The monoisotopic (exact) mass is 250 g/mol. The molecule has 4 heteroatoms. The Hall–Kier alpha value is -2.75. The van der Waals surface area contributed by atoms with Gasteiger partial charge in [0.15, 0.2) is 0 Å². The molecule has 0 spiro atoms. The Labute approximate surface area is 109 Å². The Morgan fingerprint density at radius 2 is 1.84 bits per heavy atom. The topological polar surface area (TPSA) is 56.0 Å². The molecule has 0 aliphatic rings. The fourth-order valence-electron chi connectivity index (χ4n) is 1.73. The van der Waals surface area contributed by atoms with Crippen molar-refractivity contribution < 1.29 is 4.42 Å². The van der Waals surface area contributed by atoms with Crippen LogP contribution >= 0.6 is 0 Å². The van der Waals surface area contributed by atoms with Crippen molar-refractivity contribution in [3.63, 3.8) is 0 Å².